The largest absolute Gasteiger partial charge is 0.525 e. The number of nitrogens with zero attached hydrogens (tertiary/aromatic N) is 5. The van der Waals surface area contributed by atoms with Crippen LogP contribution in [0.4, 0.5) is 9.18 Å². The van der Waals surface area contributed by atoms with Crippen molar-refractivity contribution in [2.45, 2.75) is 37.4 Å². The number of benzene rings is 1. The second-order valence-electron chi connectivity index (χ2n) is 6.85. The van der Waals surface area contributed by atoms with Gasteiger partial charge in [0.2, 0.25) is 0 Å². The van der Waals surface area contributed by atoms with E-state index in [-0.39, 0.29) is 18.3 Å². The average Bonchev–Trinajstić information content (AvgIpc) is 3.14. The number of carbonyl (C=O) groups is 1. The number of fused-ring (bicyclic) bond motifs is 1. The first-order chi connectivity index (χ1) is 12.7. The van der Waals surface area contributed by atoms with Gasteiger partial charge in [0.25, 0.3) is 5.84 Å². The Labute approximate surface area is 149 Å². The van der Waals surface area contributed by atoms with Gasteiger partial charge in [-0.25, -0.2) is 4.39 Å². The van der Waals surface area contributed by atoms with Crippen molar-refractivity contribution < 1.29 is 13.9 Å². The molecule has 0 N–H and O–H groups in total. The molecule has 1 aliphatic carbocycles. The number of alkyl halides is 1. The molecule has 1 aromatic heterocycles. The van der Waals surface area contributed by atoms with E-state index in [9.17, 15) is 9.18 Å². The van der Waals surface area contributed by atoms with Crippen molar-refractivity contribution in [2.75, 3.05) is 0 Å². The van der Waals surface area contributed by atoms with E-state index in [1.807, 2.05) is 18.2 Å². The van der Waals surface area contributed by atoms with Crippen LogP contribution in [0.25, 0.3) is 0 Å². The minimum Gasteiger partial charge on any atom is -0.261 e. The molecule has 26 heavy (non-hydrogen) atoms. The zero-order chi connectivity index (χ0) is 17.7. The number of amides is 2. The molecule has 1 aromatic carbocycles. The van der Waals surface area contributed by atoms with Crippen molar-refractivity contribution in [3.63, 3.8) is 0 Å². The molecule has 0 spiro atoms. The Morgan fingerprint density at radius 3 is 2.69 bits per heavy atom. The van der Waals surface area contributed by atoms with E-state index >= 15 is 0 Å². The maximum absolute atomic E-state index is 14.5. The lowest BCUT2D eigenvalue weighted by Gasteiger charge is -2.26. The highest BCUT2D eigenvalue weighted by Gasteiger charge is 2.57. The number of amidine groups is 1. The molecule has 5 rings (SSSR count). The second kappa shape index (κ2) is 5.79. The summed E-state index contributed by atoms with van der Waals surface area (Å²) in [4.78, 5) is 22.6. The number of hydrogen-bond donors (Lipinski definition) is 0. The van der Waals surface area contributed by atoms with E-state index in [2.05, 4.69) is 27.2 Å². The molecule has 7 heteroatoms. The number of aromatic nitrogens is 2. The van der Waals surface area contributed by atoms with Crippen LogP contribution in [0.3, 0.4) is 0 Å². The summed E-state index contributed by atoms with van der Waals surface area (Å²) in [5, 5.41) is 4.30. The highest BCUT2D eigenvalue weighted by Crippen LogP contribution is 2.39. The van der Waals surface area contributed by atoms with Gasteiger partial charge < -0.3 is 0 Å². The lowest BCUT2D eigenvalue weighted by molar-refractivity contribution is -0.435. The van der Waals surface area contributed by atoms with E-state index in [0.29, 0.717) is 11.6 Å². The molecule has 2 atom stereocenters. The van der Waals surface area contributed by atoms with E-state index in [0.717, 1.165) is 18.6 Å². The van der Waals surface area contributed by atoms with Gasteiger partial charge >= 0.3 is 6.03 Å². The second-order valence-corrected chi connectivity index (χ2v) is 6.85. The Morgan fingerprint density at radius 2 is 1.96 bits per heavy atom. The fourth-order valence-electron chi connectivity index (χ4n) is 3.89. The first kappa shape index (κ1) is 15.3. The fourth-order valence-corrected chi connectivity index (χ4v) is 3.89. The number of halogens is 1. The predicted molar refractivity (Wildman–Crippen MR) is 92.6 cm³/mol. The van der Waals surface area contributed by atoms with Gasteiger partial charge in [-0.3, -0.25) is 9.97 Å². The molecule has 2 fully saturated rings. The summed E-state index contributed by atoms with van der Waals surface area (Å²) in [6.45, 7) is 0. The Bertz CT molecular complexity index is 919. The number of carbonyl (C=O) groups excluding carboxylic acids is 1. The van der Waals surface area contributed by atoms with E-state index < -0.39 is 12.2 Å². The van der Waals surface area contributed by atoms with Crippen LogP contribution in [-0.2, 0) is 0 Å². The van der Waals surface area contributed by atoms with Crippen LogP contribution in [0.2, 0.25) is 0 Å². The molecule has 2 aliphatic heterocycles. The zero-order valence-corrected chi connectivity index (χ0v) is 14.0. The fraction of sp³-hybridized carbons (Fsp3) is 0.316. The van der Waals surface area contributed by atoms with Crippen LogP contribution >= 0.6 is 0 Å². The van der Waals surface area contributed by atoms with Crippen molar-refractivity contribution in [3.8, 4) is 0 Å². The molecule has 2 aromatic rings. The number of hydrogen-bond acceptors (Lipinski definition) is 4. The quantitative estimate of drug-likeness (QED) is 0.782. The third-order valence-corrected chi connectivity index (χ3v) is 5.32. The van der Waals surface area contributed by atoms with E-state index in [4.69, 9.17) is 0 Å². The van der Waals surface area contributed by atoms with Crippen molar-refractivity contribution in [2.24, 2.45) is 5.10 Å². The Morgan fingerprint density at radius 1 is 1.15 bits per heavy atom. The van der Waals surface area contributed by atoms with Gasteiger partial charge in [0, 0.05) is 31.7 Å². The van der Waals surface area contributed by atoms with Crippen molar-refractivity contribution >= 4 is 17.6 Å². The van der Waals surface area contributed by atoms with Crippen molar-refractivity contribution in [1.82, 2.24) is 14.9 Å². The topological polar surface area (TPSA) is 61.5 Å². The molecule has 0 unspecified atom stereocenters. The Kier molecular flexibility index (Phi) is 3.41. The lowest BCUT2D eigenvalue weighted by Crippen LogP contribution is -2.37. The van der Waals surface area contributed by atoms with Crippen LogP contribution < -0.4 is 0 Å². The van der Waals surface area contributed by atoms with Gasteiger partial charge in [0.05, 0.1) is 6.20 Å². The van der Waals surface area contributed by atoms with Gasteiger partial charge in [-0.15, -0.1) is 0 Å². The van der Waals surface area contributed by atoms with Crippen LogP contribution in [-0.4, -0.2) is 43.3 Å². The first-order valence-corrected chi connectivity index (χ1v) is 8.74. The smallest absolute Gasteiger partial charge is 0.261 e. The molecule has 1 saturated carbocycles. The highest BCUT2D eigenvalue weighted by atomic mass is 19.1. The molecule has 0 radical (unpaired) electrons. The molecular formula is C19H17FN5O+. The molecule has 6 nitrogen and oxygen atoms in total. The monoisotopic (exact) mass is 350 g/mol. The maximum atomic E-state index is 14.5. The number of urea groups is 1. The standard InChI is InChI=1S/C19H17FN5O/c20-15-10-17(16-11-21-6-7-22-16)24-18(15)23-25(19(24)26)14-8-13(9-14)12-4-2-1-3-5-12/h1-7,11,13,15,17H,8-10H2/q+1/t13?,15-,17+/m0/s1. The molecule has 130 valence electrons. The van der Waals surface area contributed by atoms with E-state index in [1.165, 1.54) is 15.1 Å². The summed E-state index contributed by atoms with van der Waals surface area (Å²) in [5.41, 5.74) is 2.80. The van der Waals surface area contributed by atoms with Crippen LogP contribution in [0.15, 0.2) is 54.0 Å². The molecule has 2 amide bonds. The third kappa shape index (κ3) is 2.27. The molecule has 3 aliphatic rings. The van der Waals surface area contributed by atoms with Crippen molar-refractivity contribution in [1.29, 1.82) is 0 Å². The van der Waals surface area contributed by atoms with Crippen molar-refractivity contribution in [3.05, 3.63) is 60.2 Å². The molecular weight excluding hydrogens is 333 g/mol. The number of rotatable bonds is 2. The van der Waals surface area contributed by atoms with Crippen LogP contribution in [0.1, 0.15) is 42.5 Å². The molecule has 0 bridgehead atoms. The van der Waals surface area contributed by atoms with Gasteiger partial charge in [-0.1, -0.05) is 35.0 Å². The van der Waals surface area contributed by atoms with Gasteiger partial charge in [0.1, 0.15) is 11.4 Å². The minimum atomic E-state index is -1.26. The Balaban J connectivity index is 1.42. The predicted octanol–water partition coefficient (Wildman–Crippen LogP) is 3.04. The number of hydrazone groups is 1. The van der Waals surface area contributed by atoms with Crippen LogP contribution in [0.5, 0.6) is 0 Å². The van der Waals surface area contributed by atoms with Crippen LogP contribution in [0, 0.1) is 0 Å². The molecule has 3 heterocycles. The normalized spacial score (nSPS) is 27.4. The third-order valence-electron chi connectivity index (χ3n) is 5.32. The average molecular weight is 350 g/mol. The van der Waals surface area contributed by atoms with Gasteiger partial charge in [-0.05, 0) is 16.6 Å². The minimum absolute atomic E-state index is 0.180. The summed E-state index contributed by atoms with van der Waals surface area (Å²) in [6.07, 6.45) is 5.16. The summed E-state index contributed by atoms with van der Waals surface area (Å²) >= 11 is 0. The molecule has 1 saturated heterocycles. The van der Waals surface area contributed by atoms with E-state index in [1.54, 1.807) is 18.6 Å². The first-order valence-electron chi connectivity index (χ1n) is 8.74. The maximum Gasteiger partial charge on any atom is 0.525 e. The highest BCUT2D eigenvalue weighted by molar-refractivity contribution is 6.04. The lowest BCUT2D eigenvalue weighted by atomic mass is 9.78. The SMILES string of the molecule is O=C1N2C(=N[N+]1=C1CC(c3ccccc3)C1)[C@@H](F)C[C@@H]2c1cnccn1. The van der Waals surface area contributed by atoms with Gasteiger partial charge in [0.15, 0.2) is 12.2 Å². The summed E-state index contributed by atoms with van der Waals surface area (Å²) in [5.74, 6) is 0.591. The van der Waals surface area contributed by atoms with Gasteiger partial charge in [-0.2, -0.15) is 9.69 Å². The summed E-state index contributed by atoms with van der Waals surface area (Å²) in [6, 6.07) is 9.50. The zero-order valence-electron chi connectivity index (χ0n) is 14.0. The Hall–Kier alpha value is -2.96. The summed E-state index contributed by atoms with van der Waals surface area (Å²) in [7, 11) is 0. The summed E-state index contributed by atoms with van der Waals surface area (Å²) < 4.78 is 15.9.